The molecule has 0 aromatic carbocycles. The zero-order valence-corrected chi connectivity index (χ0v) is 12.8. The van der Waals surface area contributed by atoms with E-state index in [9.17, 15) is 9.59 Å². The van der Waals surface area contributed by atoms with Gasteiger partial charge in [0.2, 0.25) is 23.4 Å². The molecule has 1 N–H and O–H groups in total. The van der Waals surface area contributed by atoms with Crippen LogP contribution < -0.4 is 0 Å². The summed E-state index contributed by atoms with van der Waals surface area (Å²) in [5, 5.41) is 12.6. The lowest BCUT2D eigenvalue weighted by atomic mass is 10.2. The van der Waals surface area contributed by atoms with Crippen molar-refractivity contribution in [2.24, 2.45) is 0 Å². The predicted molar refractivity (Wildman–Crippen MR) is 78.1 cm³/mol. The van der Waals surface area contributed by atoms with Crippen molar-refractivity contribution in [2.45, 2.75) is 32.7 Å². The molecule has 0 unspecified atom stereocenters. The molecule has 0 atom stereocenters. The number of nitrogens with zero attached hydrogens (tertiary/aromatic N) is 5. The van der Waals surface area contributed by atoms with E-state index >= 15 is 0 Å². The largest absolute Gasteiger partial charge is 0.480 e. The topological polar surface area (TPSA) is 122 Å². The van der Waals surface area contributed by atoms with Crippen molar-refractivity contribution < 1.29 is 19.2 Å². The van der Waals surface area contributed by atoms with Gasteiger partial charge in [-0.1, -0.05) is 5.16 Å². The maximum atomic E-state index is 12.1. The van der Waals surface area contributed by atoms with Crippen molar-refractivity contribution in [1.29, 1.82) is 0 Å². The van der Waals surface area contributed by atoms with Crippen molar-refractivity contribution in [3.05, 3.63) is 24.4 Å². The standard InChI is InChI=1S/C14H17N5O4/c1-9(2)19(8-12(21)22)11(20)5-4-10-17-14(18-23-10)13-15-6-3-7-16-13/h3,6-7,9H,4-5,8H2,1-2H3,(H,21,22). The highest BCUT2D eigenvalue weighted by atomic mass is 16.5. The molecule has 0 aliphatic heterocycles. The molecule has 2 rings (SSSR count). The third-order valence-corrected chi connectivity index (χ3v) is 3.04. The van der Waals surface area contributed by atoms with Crippen LogP contribution in [0, 0.1) is 0 Å². The molecule has 0 fully saturated rings. The lowest BCUT2D eigenvalue weighted by molar-refractivity contribution is -0.145. The number of aryl methyl sites for hydroxylation is 1. The number of carboxylic acid groups (broad SMARTS) is 1. The van der Waals surface area contributed by atoms with Crippen molar-refractivity contribution >= 4 is 11.9 Å². The molecule has 0 saturated heterocycles. The maximum absolute atomic E-state index is 12.1. The van der Waals surface area contributed by atoms with E-state index in [2.05, 4.69) is 20.1 Å². The lowest BCUT2D eigenvalue weighted by Crippen LogP contribution is -2.40. The van der Waals surface area contributed by atoms with Gasteiger partial charge in [0.25, 0.3) is 0 Å². The fraction of sp³-hybridized carbons (Fsp3) is 0.429. The van der Waals surface area contributed by atoms with E-state index in [-0.39, 0.29) is 43.1 Å². The van der Waals surface area contributed by atoms with E-state index < -0.39 is 5.97 Å². The minimum absolute atomic E-state index is 0.0861. The van der Waals surface area contributed by atoms with E-state index in [1.54, 1.807) is 32.3 Å². The van der Waals surface area contributed by atoms with Crippen molar-refractivity contribution in [2.75, 3.05) is 6.54 Å². The highest BCUT2D eigenvalue weighted by Gasteiger charge is 2.20. The number of aliphatic carboxylic acids is 1. The summed E-state index contributed by atoms with van der Waals surface area (Å²) in [5.74, 6) is -0.464. The van der Waals surface area contributed by atoms with Gasteiger partial charge in [-0.3, -0.25) is 9.59 Å². The average Bonchev–Trinajstić information content (AvgIpc) is 2.99. The smallest absolute Gasteiger partial charge is 0.323 e. The Kier molecular flexibility index (Phi) is 5.34. The van der Waals surface area contributed by atoms with Gasteiger partial charge >= 0.3 is 5.97 Å². The molecule has 23 heavy (non-hydrogen) atoms. The number of carbonyl (C=O) groups excluding carboxylic acids is 1. The number of carbonyl (C=O) groups is 2. The van der Waals surface area contributed by atoms with Gasteiger partial charge in [-0.05, 0) is 19.9 Å². The molecule has 9 heteroatoms. The minimum atomic E-state index is -1.05. The SMILES string of the molecule is CC(C)N(CC(=O)O)C(=O)CCc1nc(-c2ncccn2)no1. The van der Waals surface area contributed by atoms with Crippen LogP contribution in [0.2, 0.25) is 0 Å². The third kappa shape index (κ3) is 4.56. The molecule has 2 aromatic heterocycles. The summed E-state index contributed by atoms with van der Waals surface area (Å²) in [7, 11) is 0. The van der Waals surface area contributed by atoms with Crippen molar-refractivity contribution in [3.8, 4) is 11.6 Å². The zero-order valence-electron chi connectivity index (χ0n) is 12.8. The first-order valence-corrected chi connectivity index (χ1v) is 7.08. The summed E-state index contributed by atoms with van der Waals surface area (Å²) in [6, 6.07) is 1.47. The van der Waals surface area contributed by atoms with Gasteiger partial charge in [-0.15, -0.1) is 0 Å². The van der Waals surface area contributed by atoms with Crippen LogP contribution in [0.1, 0.15) is 26.2 Å². The molecule has 9 nitrogen and oxygen atoms in total. The highest BCUT2D eigenvalue weighted by Crippen LogP contribution is 2.11. The van der Waals surface area contributed by atoms with E-state index in [1.165, 1.54) is 4.90 Å². The number of amides is 1. The molecule has 0 bridgehead atoms. The number of aromatic nitrogens is 4. The molecule has 0 aliphatic carbocycles. The maximum Gasteiger partial charge on any atom is 0.323 e. The molecular weight excluding hydrogens is 302 g/mol. The Morgan fingerprint density at radius 3 is 2.57 bits per heavy atom. The molecule has 0 saturated carbocycles. The predicted octanol–water partition coefficient (Wildman–Crippen LogP) is 0.781. The van der Waals surface area contributed by atoms with Crippen LogP contribution in [0.4, 0.5) is 0 Å². The first kappa shape index (κ1) is 16.5. The van der Waals surface area contributed by atoms with Gasteiger partial charge in [0, 0.05) is 31.3 Å². The van der Waals surface area contributed by atoms with Crippen LogP contribution in [0.5, 0.6) is 0 Å². The van der Waals surface area contributed by atoms with Gasteiger partial charge in [-0.25, -0.2) is 9.97 Å². The van der Waals surface area contributed by atoms with Gasteiger partial charge in [0.05, 0.1) is 0 Å². The molecule has 2 aromatic rings. The number of hydrogen-bond donors (Lipinski definition) is 1. The molecule has 2 heterocycles. The second-order valence-corrected chi connectivity index (χ2v) is 5.09. The van der Waals surface area contributed by atoms with Crippen molar-refractivity contribution in [3.63, 3.8) is 0 Å². The second-order valence-electron chi connectivity index (χ2n) is 5.09. The first-order valence-electron chi connectivity index (χ1n) is 7.08. The Bertz CT molecular complexity index is 671. The van der Waals surface area contributed by atoms with Gasteiger partial charge < -0.3 is 14.5 Å². The fourth-order valence-electron chi connectivity index (χ4n) is 1.92. The molecule has 0 spiro atoms. The monoisotopic (exact) mass is 319 g/mol. The normalized spacial score (nSPS) is 10.7. The number of rotatable bonds is 7. The van der Waals surface area contributed by atoms with E-state index in [1.807, 2.05) is 0 Å². The zero-order chi connectivity index (χ0) is 16.8. The van der Waals surface area contributed by atoms with Crippen LogP contribution in [0.25, 0.3) is 11.6 Å². The van der Waals surface area contributed by atoms with Crippen LogP contribution in [-0.2, 0) is 16.0 Å². The number of hydrogen-bond acceptors (Lipinski definition) is 7. The first-order chi connectivity index (χ1) is 11.0. The van der Waals surface area contributed by atoms with Crippen LogP contribution in [0.15, 0.2) is 23.0 Å². The molecular formula is C14H17N5O4. The summed E-state index contributed by atoms with van der Waals surface area (Å²) < 4.78 is 5.06. The van der Waals surface area contributed by atoms with Crippen LogP contribution in [0.3, 0.4) is 0 Å². The Morgan fingerprint density at radius 2 is 1.96 bits per heavy atom. The summed E-state index contributed by atoms with van der Waals surface area (Å²) in [5.41, 5.74) is 0. The molecule has 1 amide bonds. The second kappa shape index (κ2) is 7.43. The molecule has 122 valence electrons. The summed E-state index contributed by atoms with van der Waals surface area (Å²) in [6.45, 7) is 3.19. The average molecular weight is 319 g/mol. The molecule has 0 aliphatic rings. The Morgan fingerprint density at radius 1 is 1.26 bits per heavy atom. The van der Waals surface area contributed by atoms with Gasteiger partial charge in [0.1, 0.15) is 6.54 Å². The Hall–Kier alpha value is -2.84. The van der Waals surface area contributed by atoms with E-state index in [0.717, 1.165) is 0 Å². The summed E-state index contributed by atoms with van der Waals surface area (Å²) in [4.78, 5) is 36.4. The van der Waals surface area contributed by atoms with Crippen LogP contribution >= 0.6 is 0 Å². The quantitative estimate of drug-likeness (QED) is 0.794. The lowest BCUT2D eigenvalue weighted by Gasteiger charge is -2.24. The summed E-state index contributed by atoms with van der Waals surface area (Å²) in [6.07, 6.45) is 3.44. The summed E-state index contributed by atoms with van der Waals surface area (Å²) >= 11 is 0. The molecule has 0 radical (unpaired) electrons. The van der Waals surface area contributed by atoms with E-state index in [0.29, 0.717) is 5.82 Å². The Labute approximate surface area is 132 Å². The third-order valence-electron chi connectivity index (χ3n) is 3.04. The van der Waals surface area contributed by atoms with E-state index in [4.69, 9.17) is 9.63 Å². The van der Waals surface area contributed by atoms with Crippen LogP contribution in [-0.4, -0.2) is 54.6 Å². The van der Waals surface area contributed by atoms with Gasteiger partial charge in [0.15, 0.2) is 0 Å². The van der Waals surface area contributed by atoms with Crippen molar-refractivity contribution in [1.82, 2.24) is 25.0 Å². The van der Waals surface area contributed by atoms with Gasteiger partial charge in [-0.2, -0.15) is 4.98 Å². The Balaban J connectivity index is 1.96. The fourth-order valence-corrected chi connectivity index (χ4v) is 1.92. The minimum Gasteiger partial charge on any atom is -0.480 e. The number of carboxylic acids is 1. The highest BCUT2D eigenvalue weighted by molar-refractivity contribution is 5.81.